The molecule has 0 saturated heterocycles. The molecule has 1 unspecified atom stereocenters. The van der Waals surface area contributed by atoms with Crippen molar-refractivity contribution in [3.8, 4) is 5.75 Å². The summed E-state index contributed by atoms with van der Waals surface area (Å²) in [6.07, 6.45) is 1.15. The zero-order chi connectivity index (χ0) is 17.5. The first-order valence-electron chi connectivity index (χ1n) is 8.05. The molecule has 0 saturated carbocycles. The van der Waals surface area contributed by atoms with Crippen LogP contribution in [0.25, 0.3) is 0 Å². The Morgan fingerprint density at radius 1 is 1.21 bits per heavy atom. The predicted octanol–water partition coefficient (Wildman–Crippen LogP) is 4.88. The largest absolute Gasteiger partial charge is 0.491 e. The lowest BCUT2D eigenvalue weighted by Gasteiger charge is -2.13. The van der Waals surface area contributed by atoms with E-state index < -0.39 is 0 Å². The Labute approximate surface area is 148 Å². The number of anilines is 2. The summed E-state index contributed by atoms with van der Waals surface area (Å²) in [5.41, 5.74) is 2.45. The number of hydrogen-bond acceptors (Lipinski definition) is 3. The van der Waals surface area contributed by atoms with E-state index in [1.807, 2.05) is 50.2 Å². The van der Waals surface area contributed by atoms with Gasteiger partial charge in [-0.05, 0) is 62.2 Å². The molecular weight excluding hydrogens is 324 g/mol. The molecule has 0 aliphatic carbocycles. The minimum atomic E-state index is -0.125. The lowest BCUT2D eigenvalue weighted by Crippen LogP contribution is -2.22. The molecule has 2 aromatic carbocycles. The topological polar surface area (TPSA) is 50.4 Å². The van der Waals surface area contributed by atoms with Crippen LogP contribution in [0.4, 0.5) is 11.4 Å². The summed E-state index contributed by atoms with van der Waals surface area (Å²) in [6, 6.07) is 13.0. The van der Waals surface area contributed by atoms with Crippen LogP contribution in [-0.2, 0) is 4.79 Å². The number of nitrogens with one attached hydrogen (secondary N) is 2. The third-order valence-electron chi connectivity index (χ3n) is 3.76. The van der Waals surface area contributed by atoms with E-state index in [4.69, 9.17) is 16.3 Å². The summed E-state index contributed by atoms with van der Waals surface area (Å²) in [5.74, 6) is 0.703. The lowest BCUT2D eigenvalue weighted by molar-refractivity contribution is -0.114. The average molecular weight is 347 g/mol. The third-order valence-corrected chi connectivity index (χ3v) is 4.17. The van der Waals surface area contributed by atoms with Crippen LogP contribution in [0.2, 0.25) is 5.02 Å². The Morgan fingerprint density at radius 2 is 1.92 bits per heavy atom. The van der Waals surface area contributed by atoms with Crippen LogP contribution in [0.15, 0.2) is 42.5 Å². The number of carbonyl (C=O) groups is 1. The fourth-order valence-electron chi connectivity index (χ4n) is 2.09. The SMILES string of the molecule is CCC(C)Oc1ccc(NCC(=O)Nc2cccc(Cl)c2C)cc1. The van der Waals surface area contributed by atoms with E-state index in [1.165, 1.54) is 0 Å². The maximum atomic E-state index is 12.1. The second-order valence-corrected chi connectivity index (χ2v) is 6.08. The number of carbonyl (C=O) groups excluding carboxylic acids is 1. The highest BCUT2D eigenvalue weighted by molar-refractivity contribution is 6.31. The van der Waals surface area contributed by atoms with E-state index in [0.717, 1.165) is 29.1 Å². The number of rotatable bonds is 7. The fraction of sp³-hybridized carbons (Fsp3) is 0.316. The predicted molar refractivity (Wildman–Crippen MR) is 100 cm³/mol. The van der Waals surface area contributed by atoms with Crippen molar-refractivity contribution in [3.63, 3.8) is 0 Å². The van der Waals surface area contributed by atoms with Crippen LogP contribution in [0.1, 0.15) is 25.8 Å². The van der Waals surface area contributed by atoms with Crippen LogP contribution in [0.5, 0.6) is 5.75 Å². The minimum Gasteiger partial charge on any atom is -0.491 e. The summed E-state index contributed by atoms with van der Waals surface area (Å²) in [4.78, 5) is 12.1. The van der Waals surface area contributed by atoms with Crippen molar-refractivity contribution in [2.75, 3.05) is 17.2 Å². The zero-order valence-electron chi connectivity index (χ0n) is 14.2. The fourth-order valence-corrected chi connectivity index (χ4v) is 2.26. The standard InChI is InChI=1S/C19H23ClN2O2/c1-4-13(2)24-16-10-8-15(9-11-16)21-12-19(23)22-18-7-5-6-17(20)14(18)3/h5-11,13,21H,4,12H2,1-3H3,(H,22,23). The molecule has 0 spiro atoms. The maximum absolute atomic E-state index is 12.1. The van der Waals surface area contributed by atoms with Crippen LogP contribution >= 0.6 is 11.6 Å². The summed E-state index contributed by atoms with van der Waals surface area (Å²) in [6.45, 7) is 6.17. The Morgan fingerprint density at radius 3 is 2.58 bits per heavy atom. The van der Waals surface area contributed by atoms with Crippen molar-refractivity contribution in [2.24, 2.45) is 0 Å². The first kappa shape index (κ1) is 18.1. The van der Waals surface area contributed by atoms with Crippen molar-refractivity contribution in [3.05, 3.63) is 53.1 Å². The molecule has 2 aromatic rings. The van der Waals surface area contributed by atoms with Crippen LogP contribution in [0, 0.1) is 6.92 Å². The van der Waals surface area contributed by atoms with Gasteiger partial charge in [0.05, 0.1) is 12.6 Å². The van der Waals surface area contributed by atoms with Gasteiger partial charge in [0, 0.05) is 16.4 Å². The second-order valence-electron chi connectivity index (χ2n) is 5.68. The highest BCUT2D eigenvalue weighted by atomic mass is 35.5. The first-order chi connectivity index (χ1) is 11.5. The summed E-state index contributed by atoms with van der Waals surface area (Å²) >= 11 is 6.05. The third kappa shape index (κ3) is 5.17. The molecule has 0 aliphatic heterocycles. The first-order valence-corrected chi connectivity index (χ1v) is 8.43. The molecule has 1 atom stereocenters. The number of ether oxygens (including phenoxy) is 1. The maximum Gasteiger partial charge on any atom is 0.243 e. The molecule has 0 radical (unpaired) electrons. The smallest absolute Gasteiger partial charge is 0.243 e. The van der Waals surface area contributed by atoms with Gasteiger partial charge in [-0.25, -0.2) is 0 Å². The van der Waals surface area contributed by atoms with Crippen molar-refractivity contribution in [2.45, 2.75) is 33.3 Å². The van der Waals surface area contributed by atoms with E-state index in [1.54, 1.807) is 6.07 Å². The second kappa shape index (κ2) is 8.60. The quantitative estimate of drug-likeness (QED) is 0.751. The van der Waals surface area contributed by atoms with E-state index in [2.05, 4.69) is 17.6 Å². The lowest BCUT2D eigenvalue weighted by atomic mass is 10.2. The Bertz CT molecular complexity index is 686. The van der Waals surface area contributed by atoms with Gasteiger partial charge in [0.15, 0.2) is 0 Å². The van der Waals surface area contributed by atoms with E-state index in [-0.39, 0.29) is 18.6 Å². The number of amides is 1. The zero-order valence-corrected chi connectivity index (χ0v) is 15.0. The molecule has 24 heavy (non-hydrogen) atoms. The molecule has 0 aliphatic rings. The van der Waals surface area contributed by atoms with Crippen molar-refractivity contribution in [1.82, 2.24) is 0 Å². The molecule has 128 valence electrons. The van der Waals surface area contributed by atoms with Gasteiger partial charge in [-0.1, -0.05) is 24.6 Å². The van der Waals surface area contributed by atoms with Gasteiger partial charge in [-0.15, -0.1) is 0 Å². The van der Waals surface area contributed by atoms with Gasteiger partial charge >= 0.3 is 0 Å². The Kier molecular flexibility index (Phi) is 6.50. The van der Waals surface area contributed by atoms with Gasteiger partial charge in [0.1, 0.15) is 5.75 Å². The normalized spacial score (nSPS) is 11.7. The minimum absolute atomic E-state index is 0.125. The molecule has 1 amide bonds. The van der Waals surface area contributed by atoms with Gasteiger partial charge in [0.25, 0.3) is 0 Å². The van der Waals surface area contributed by atoms with Crippen LogP contribution < -0.4 is 15.4 Å². The number of benzene rings is 2. The highest BCUT2D eigenvalue weighted by Crippen LogP contribution is 2.23. The molecule has 0 heterocycles. The summed E-state index contributed by atoms with van der Waals surface area (Å²) < 4.78 is 5.73. The molecule has 5 heteroatoms. The molecule has 0 aromatic heterocycles. The van der Waals surface area contributed by atoms with Gasteiger partial charge in [-0.2, -0.15) is 0 Å². The van der Waals surface area contributed by atoms with Crippen molar-refractivity contribution in [1.29, 1.82) is 0 Å². The van der Waals surface area contributed by atoms with Crippen molar-refractivity contribution < 1.29 is 9.53 Å². The van der Waals surface area contributed by atoms with E-state index >= 15 is 0 Å². The monoisotopic (exact) mass is 346 g/mol. The molecular formula is C19H23ClN2O2. The summed E-state index contributed by atoms with van der Waals surface area (Å²) in [5, 5.41) is 6.59. The Balaban J connectivity index is 1.86. The summed E-state index contributed by atoms with van der Waals surface area (Å²) in [7, 11) is 0. The van der Waals surface area contributed by atoms with Gasteiger partial charge < -0.3 is 15.4 Å². The molecule has 2 rings (SSSR count). The van der Waals surface area contributed by atoms with E-state index in [0.29, 0.717) is 5.02 Å². The van der Waals surface area contributed by atoms with E-state index in [9.17, 15) is 4.79 Å². The molecule has 2 N–H and O–H groups in total. The van der Waals surface area contributed by atoms with Gasteiger partial charge in [0.2, 0.25) is 5.91 Å². The highest BCUT2D eigenvalue weighted by Gasteiger charge is 2.07. The molecule has 0 bridgehead atoms. The molecule has 4 nitrogen and oxygen atoms in total. The van der Waals surface area contributed by atoms with Crippen LogP contribution in [0.3, 0.4) is 0 Å². The number of halogens is 1. The molecule has 0 fully saturated rings. The Hall–Kier alpha value is -2.20. The van der Waals surface area contributed by atoms with Crippen LogP contribution in [-0.4, -0.2) is 18.6 Å². The van der Waals surface area contributed by atoms with Crippen molar-refractivity contribution >= 4 is 28.9 Å². The van der Waals surface area contributed by atoms with Gasteiger partial charge in [-0.3, -0.25) is 4.79 Å². The average Bonchev–Trinajstić information content (AvgIpc) is 2.58. The number of hydrogen-bond donors (Lipinski definition) is 2.